The van der Waals surface area contributed by atoms with Crippen molar-refractivity contribution in [3.63, 3.8) is 0 Å². The molecule has 0 aliphatic carbocycles. The number of nitrogens with one attached hydrogen (secondary N) is 1. The fourth-order valence-corrected chi connectivity index (χ4v) is 3.57. The first kappa shape index (κ1) is 16.0. The van der Waals surface area contributed by atoms with E-state index in [-0.39, 0.29) is 11.5 Å². The van der Waals surface area contributed by atoms with E-state index in [1.165, 1.54) is 12.1 Å². The van der Waals surface area contributed by atoms with Crippen LogP contribution in [0, 0.1) is 0 Å². The SMILES string of the molecule is CCOC(=O)NC(c1ccccc1)S(=O)(=O)c1ccccc1. The van der Waals surface area contributed by atoms with E-state index in [4.69, 9.17) is 4.74 Å². The largest absolute Gasteiger partial charge is 0.450 e. The van der Waals surface area contributed by atoms with Gasteiger partial charge in [-0.1, -0.05) is 48.5 Å². The molecule has 0 saturated carbocycles. The van der Waals surface area contributed by atoms with Gasteiger partial charge in [-0.3, -0.25) is 0 Å². The van der Waals surface area contributed by atoms with Gasteiger partial charge in [0.1, 0.15) is 0 Å². The van der Waals surface area contributed by atoms with Gasteiger partial charge < -0.3 is 10.1 Å². The summed E-state index contributed by atoms with van der Waals surface area (Å²) in [5, 5.41) is 1.22. The van der Waals surface area contributed by atoms with Crippen molar-refractivity contribution < 1.29 is 17.9 Å². The van der Waals surface area contributed by atoms with Crippen molar-refractivity contribution in [2.24, 2.45) is 0 Å². The van der Waals surface area contributed by atoms with Gasteiger partial charge in [-0.25, -0.2) is 13.2 Å². The third kappa shape index (κ3) is 3.65. The third-order valence-electron chi connectivity index (χ3n) is 3.01. The Bertz CT molecular complexity index is 714. The Kier molecular flexibility index (Phi) is 5.16. The minimum atomic E-state index is -3.78. The summed E-state index contributed by atoms with van der Waals surface area (Å²) >= 11 is 0. The van der Waals surface area contributed by atoms with Gasteiger partial charge in [-0.05, 0) is 24.6 Å². The summed E-state index contributed by atoms with van der Waals surface area (Å²) in [6.45, 7) is 1.82. The Morgan fingerprint density at radius 1 is 1.05 bits per heavy atom. The van der Waals surface area contributed by atoms with Crippen LogP contribution in [0.2, 0.25) is 0 Å². The van der Waals surface area contributed by atoms with Crippen molar-refractivity contribution in [3.05, 3.63) is 66.2 Å². The molecule has 1 amide bonds. The van der Waals surface area contributed by atoms with Crippen LogP contribution in [0.25, 0.3) is 0 Å². The van der Waals surface area contributed by atoms with E-state index in [0.717, 1.165) is 0 Å². The second-order valence-corrected chi connectivity index (χ2v) is 6.55. The lowest BCUT2D eigenvalue weighted by Crippen LogP contribution is -2.34. The van der Waals surface area contributed by atoms with E-state index in [0.29, 0.717) is 5.56 Å². The molecule has 1 unspecified atom stereocenters. The van der Waals surface area contributed by atoms with Crippen LogP contribution in [0.5, 0.6) is 0 Å². The lowest BCUT2D eigenvalue weighted by Gasteiger charge is -2.19. The molecular weight excluding hydrogens is 302 g/mol. The van der Waals surface area contributed by atoms with Crippen molar-refractivity contribution in [2.45, 2.75) is 17.2 Å². The van der Waals surface area contributed by atoms with Gasteiger partial charge in [0.2, 0.25) is 9.84 Å². The number of amides is 1. The van der Waals surface area contributed by atoms with E-state index in [1.807, 2.05) is 0 Å². The van der Waals surface area contributed by atoms with Gasteiger partial charge in [0, 0.05) is 0 Å². The molecule has 1 atom stereocenters. The number of hydrogen-bond donors (Lipinski definition) is 1. The molecule has 5 nitrogen and oxygen atoms in total. The monoisotopic (exact) mass is 319 g/mol. The number of ether oxygens (including phenoxy) is 1. The summed E-state index contributed by atoms with van der Waals surface area (Å²) in [5.74, 6) is 0. The van der Waals surface area contributed by atoms with Crippen LogP contribution in [-0.4, -0.2) is 21.1 Å². The molecule has 6 heteroatoms. The van der Waals surface area contributed by atoms with E-state index in [1.54, 1.807) is 55.5 Å². The van der Waals surface area contributed by atoms with Gasteiger partial charge in [0.05, 0.1) is 11.5 Å². The molecule has 0 aliphatic heterocycles. The molecule has 0 fully saturated rings. The van der Waals surface area contributed by atoms with Crippen molar-refractivity contribution in [1.82, 2.24) is 5.32 Å². The molecule has 0 bridgehead atoms. The average Bonchev–Trinajstić information content (AvgIpc) is 2.54. The van der Waals surface area contributed by atoms with E-state index in [9.17, 15) is 13.2 Å². The highest BCUT2D eigenvalue weighted by Crippen LogP contribution is 2.26. The molecule has 0 heterocycles. The number of benzene rings is 2. The molecule has 22 heavy (non-hydrogen) atoms. The van der Waals surface area contributed by atoms with Gasteiger partial charge in [0.15, 0.2) is 5.37 Å². The lowest BCUT2D eigenvalue weighted by atomic mass is 10.2. The first-order valence-electron chi connectivity index (χ1n) is 6.83. The molecule has 0 saturated heterocycles. The molecule has 116 valence electrons. The van der Waals surface area contributed by atoms with E-state index < -0.39 is 21.3 Å². The number of hydrogen-bond acceptors (Lipinski definition) is 4. The van der Waals surface area contributed by atoms with Crippen LogP contribution in [0.4, 0.5) is 4.79 Å². The molecule has 0 aromatic heterocycles. The minimum absolute atomic E-state index is 0.139. The number of sulfone groups is 1. The molecule has 2 rings (SSSR count). The van der Waals surface area contributed by atoms with Gasteiger partial charge in [0.25, 0.3) is 0 Å². The van der Waals surface area contributed by atoms with Gasteiger partial charge in [-0.15, -0.1) is 0 Å². The number of carbonyl (C=O) groups is 1. The maximum atomic E-state index is 12.8. The molecule has 0 radical (unpaired) electrons. The quantitative estimate of drug-likeness (QED) is 0.919. The van der Waals surface area contributed by atoms with Crippen LogP contribution >= 0.6 is 0 Å². The summed E-state index contributed by atoms with van der Waals surface area (Å²) in [6, 6.07) is 16.5. The summed E-state index contributed by atoms with van der Waals surface area (Å²) in [4.78, 5) is 11.8. The second kappa shape index (κ2) is 7.09. The maximum Gasteiger partial charge on any atom is 0.408 e. The number of carbonyl (C=O) groups excluding carboxylic acids is 1. The Labute approximate surface area is 129 Å². The third-order valence-corrected chi connectivity index (χ3v) is 4.95. The second-order valence-electron chi connectivity index (χ2n) is 4.51. The number of rotatable bonds is 5. The zero-order chi connectivity index (χ0) is 16.0. The van der Waals surface area contributed by atoms with Crippen LogP contribution in [0.15, 0.2) is 65.6 Å². The van der Waals surface area contributed by atoms with Crippen molar-refractivity contribution >= 4 is 15.9 Å². The van der Waals surface area contributed by atoms with Crippen molar-refractivity contribution in [3.8, 4) is 0 Å². The highest BCUT2D eigenvalue weighted by atomic mass is 32.2. The van der Waals surface area contributed by atoms with Crippen molar-refractivity contribution in [1.29, 1.82) is 0 Å². The summed E-state index contributed by atoms with van der Waals surface area (Å²) in [6.07, 6.45) is -0.768. The normalized spacial score (nSPS) is 12.4. The van der Waals surface area contributed by atoms with Crippen molar-refractivity contribution in [2.75, 3.05) is 6.61 Å². The molecular formula is C16H17NO4S. The van der Waals surface area contributed by atoms with E-state index >= 15 is 0 Å². The van der Waals surface area contributed by atoms with E-state index in [2.05, 4.69) is 5.32 Å². The smallest absolute Gasteiger partial charge is 0.408 e. The lowest BCUT2D eigenvalue weighted by molar-refractivity contribution is 0.151. The molecule has 0 spiro atoms. The molecule has 2 aromatic carbocycles. The fourth-order valence-electron chi connectivity index (χ4n) is 1.99. The van der Waals surface area contributed by atoms with Crippen LogP contribution < -0.4 is 5.32 Å². The minimum Gasteiger partial charge on any atom is -0.450 e. The maximum absolute atomic E-state index is 12.8. The summed E-state index contributed by atoms with van der Waals surface area (Å²) < 4.78 is 30.4. The molecule has 1 N–H and O–H groups in total. The fraction of sp³-hybridized carbons (Fsp3) is 0.188. The Morgan fingerprint density at radius 3 is 2.14 bits per heavy atom. The average molecular weight is 319 g/mol. The Hall–Kier alpha value is -2.34. The topological polar surface area (TPSA) is 72.5 Å². The first-order valence-corrected chi connectivity index (χ1v) is 8.37. The van der Waals surface area contributed by atoms with Gasteiger partial charge >= 0.3 is 6.09 Å². The standard InChI is InChI=1S/C16H17NO4S/c1-2-21-16(18)17-15(13-9-5-3-6-10-13)22(19,20)14-11-7-4-8-12-14/h3-12,15H,2H2,1H3,(H,17,18). The summed E-state index contributed by atoms with van der Waals surface area (Å²) in [7, 11) is -3.78. The highest BCUT2D eigenvalue weighted by Gasteiger charge is 2.30. The molecule has 0 aliphatic rings. The number of alkyl carbamates (subject to hydrolysis) is 1. The predicted molar refractivity (Wildman–Crippen MR) is 83.0 cm³/mol. The zero-order valence-electron chi connectivity index (χ0n) is 12.1. The highest BCUT2D eigenvalue weighted by molar-refractivity contribution is 7.91. The first-order chi connectivity index (χ1) is 10.6. The van der Waals surface area contributed by atoms with Crippen LogP contribution in [-0.2, 0) is 14.6 Å². The summed E-state index contributed by atoms with van der Waals surface area (Å²) in [5.41, 5.74) is 0.472. The van der Waals surface area contributed by atoms with Crippen LogP contribution in [0.3, 0.4) is 0 Å². The Morgan fingerprint density at radius 2 is 1.59 bits per heavy atom. The van der Waals surface area contributed by atoms with Gasteiger partial charge in [-0.2, -0.15) is 0 Å². The zero-order valence-corrected chi connectivity index (χ0v) is 12.9. The molecule has 2 aromatic rings. The predicted octanol–water partition coefficient (Wildman–Crippen LogP) is 2.91. The van der Waals surface area contributed by atoms with Crippen LogP contribution in [0.1, 0.15) is 17.9 Å². The Balaban J connectivity index is 2.42.